The number of carbonyl (C=O) groups is 1. The van der Waals surface area contributed by atoms with Crippen LogP contribution in [-0.4, -0.2) is 36.1 Å². The Kier molecular flexibility index (Phi) is 4.31. The van der Waals surface area contributed by atoms with Crippen LogP contribution in [0, 0.1) is 0 Å². The number of likely N-dealkylation sites (N-methyl/N-ethyl adjacent to an activating group) is 1. The van der Waals surface area contributed by atoms with Gasteiger partial charge >= 0.3 is 5.97 Å². The SMILES string of the molecule is CCN(C)CCc1ccc(C(=O)O)cc1. The average molecular weight is 207 g/mol. The summed E-state index contributed by atoms with van der Waals surface area (Å²) in [6.45, 7) is 4.16. The van der Waals surface area contributed by atoms with Crippen molar-refractivity contribution in [1.82, 2.24) is 4.90 Å². The molecule has 0 aliphatic heterocycles. The van der Waals surface area contributed by atoms with Crippen LogP contribution in [0.15, 0.2) is 24.3 Å². The predicted octanol–water partition coefficient (Wildman–Crippen LogP) is 1.88. The van der Waals surface area contributed by atoms with E-state index >= 15 is 0 Å². The van der Waals surface area contributed by atoms with Crippen LogP contribution in [0.2, 0.25) is 0 Å². The first-order chi connectivity index (χ1) is 7.13. The first-order valence-corrected chi connectivity index (χ1v) is 5.14. The van der Waals surface area contributed by atoms with Gasteiger partial charge in [-0.3, -0.25) is 0 Å². The second-order valence-corrected chi connectivity index (χ2v) is 3.65. The Labute approximate surface area is 90.3 Å². The predicted molar refractivity (Wildman–Crippen MR) is 60.3 cm³/mol. The van der Waals surface area contributed by atoms with E-state index in [0.29, 0.717) is 5.56 Å². The summed E-state index contributed by atoms with van der Waals surface area (Å²) >= 11 is 0. The van der Waals surface area contributed by atoms with Crippen LogP contribution in [0.3, 0.4) is 0 Å². The molecular formula is C12H17NO2. The molecule has 3 nitrogen and oxygen atoms in total. The maximum atomic E-state index is 10.6. The van der Waals surface area contributed by atoms with E-state index in [9.17, 15) is 4.79 Å². The Balaban J connectivity index is 2.53. The number of carboxylic acids is 1. The number of carboxylic acid groups (broad SMARTS) is 1. The minimum absolute atomic E-state index is 0.350. The maximum Gasteiger partial charge on any atom is 0.335 e. The van der Waals surface area contributed by atoms with Gasteiger partial charge in [0.1, 0.15) is 0 Å². The molecular weight excluding hydrogens is 190 g/mol. The van der Waals surface area contributed by atoms with E-state index in [1.54, 1.807) is 12.1 Å². The van der Waals surface area contributed by atoms with Crippen molar-refractivity contribution in [3.8, 4) is 0 Å². The third-order valence-electron chi connectivity index (χ3n) is 2.52. The molecule has 1 N–H and O–H groups in total. The largest absolute Gasteiger partial charge is 0.478 e. The summed E-state index contributed by atoms with van der Waals surface area (Å²) in [5.74, 6) is -0.868. The van der Waals surface area contributed by atoms with Gasteiger partial charge in [-0.25, -0.2) is 4.79 Å². The van der Waals surface area contributed by atoms with E-state index in [4.69, 9.17) is 5.11 Å². The Morgan fingerprint density at radius 1 is 1.33 bits per heavy atom. The van der Waals surface area contributed by atoms with Crippen LogP contribution >= 0.6 is 0 Å². The molecule has 0 radical (unpaired) electrons. The van der Waals surface area contributed by atoms with Gasteiger partial charge in [0.2, 0.25) is 0 Å². The summed E-state index contributed by atoms with van der Waals surface area (Å²) in [4.78, 5) is 12.8. The highest BCUT2D eigenvalue weighted by Gasteiger charge is 2.02. The van der Waals surface area contributed by atoms with Crippen molar-refractivity contribution in [2.24, 2.45) is 0 Å². The smallest absolute Gasteiger partial charge is 0.335 e. The number of rotatable bonds is 5. The molecule has 0 atom stereocenters. The highest BCUT2D eigenvalue weighted by atomic mass is 16.4. The van der Waals surface area contributed by atoms with E-state index in [2.05, 4.69) is 18.9 Å². The maximum absolute atomic E-state index is 10.6. The summed E-state index contributed by atoms with van der Waals surface area (Å²) < 4.78 is 0. The first-order valence-electron chi connectivity index (χ1n) is 5.14. The Morgan fingerprint density at radius 2 is 1.93 bits per heavy atom. The van der Waals surface area contributed by atoms with Gasteiger partial charge in [0.15, 0.2) is 0 Å². The second-order valence-electron chi connectivity index (χ2n) is 3.65. The van der Waals surface area contributed by atoms with Gasteiger partial charge in [0.25, 0.3) is 0 Å². The number of aromatic carboxylic acids is 1. The standard InChI is InChI=1S/C12H17NO2/c1-3-13(2)9-8-10-4-6-11(7-5-10)12(14)15/h4-7H,3,8-9H2,1-2H3,(H,14,15). The summed E-state index contributed by atoms with van der Waals surface area (Å²) in [5.41, 5.74) is 1.53. The van der Waals surface area contributed by atoms with Gasteiger partial charge in [0.05, 0.1) is 5.56 Å². The zero-order chi connectivity index (χ0) is 11.3. The molecule has 0 aliphatic carbocycles. The molecule has 1 rings (SSSR count). The third kappa shape index (κ3) is 3.72. The molecule has 0 fully saturated rings. The molecule has 0 bridgehead atoms. The van der Waals surface area contributed by atoms with Gasteiger partial charge in [0, 0.05) is 6.54 Å². The quantitative estimate of drug-likeness (QED) is 0.801. The molecule has 0 saturated heterocycles. The highest BCUT2D eigenvalue weighted by Crippen LogP contribution is 2.05. The van der Waals surface area contributed by atoms with Crippen LogP contribution in [0.5, 0.6) is 0 Å². The van der Waals surface area contributed by atoms with Crippen molar-refractivity contribution in [3.05, 3.63) is 35.4 Å². The van der Waals surface area contributed by atoms with Gasteiger partial charge in [-0.15, -0.1) is 0 Å². The minimum atomic E-state index is -0.868. The molecule has 15 heavy (non-hydrogen) atoms. The summed E-state index contributed by atoms with van der Waals surface area (Å²) in [7, 11) is 2.08. The van der Waals surface area contributed by atoms with Crippen molar-refractivity contribution >= 4 is 5.97 Å². The van der Waals surface area contributed by atoms with Crippen molar-refractivity contribution in [1.29, 1.82) is 0 Å². The Bertz CT molecular complexity index is 319. The topological polar surface area (TPSA) is 40.5 Å². The van der Waals surface area contributed by atoms with E-state index < -0.39 is 5.97 Å². The summed E-state index contributed by atoms with van der Waals surface area (Å²) in [6.07, 6.45) is 0.963. The molecule has 82 valence electrons. The van der Waals surface area contributed by atoms with Crippen molar-refractivity contribution in [2.75, 3.05) is 20.1 Å². The molecule has 0 heterocycles. The lowest BCUT2D eigenvalue weighted by atomic mass is 10.1. The zero-order valence-electron chi connectivity index (χ0n) is 9.23. The number of nitrogens with zero attached hydrogens (tertiary/aromatic N) is 1. The lowest BCUT2D eigenvalue weighted by Gasteiger charge is -2.13. The average Bonchev–Trinajstić information content (AvgIpc) is 2.26. The van der Waals surface area contributed by atoms with Crippen molar-refractivity contribution in [3.63, 3.8) is 0 Å². The van der Waals surface area contributed by atoms with Gasteiger partial charge in [-0.05, 0) is 37.7 Å². The first kappa shape index (κ1) is 11.7. The van der Waals surface area contributed by atoms with Crippen LogP contribution in [-0.2, 0) is 6.42 Å². The molecule has 0 spiro atoms. The van der Waals surface area contributed by atoms with E-state index in [1.165, 1.54) is 5.56 Å². The fourth-order valence-electron chi connectivity index (χ4n) is 1.29. The molecule has 0 aromatic heterocycles. The highest BCUT2D eigenvalue weighted by molar-refractivity contribution is 5.87. The monoisotopic (exact) mass is 207 g/mol. The molecule has 0 unspecified atom stereocenters. The number of hydrogen-bond acceptors (Lipinski definition) is 2. The normalized spacial score (nSPS) is 10.6. The van der Waals surface area contributed by atoms with Crippen LogP contribution in [0.25, 0.3) is 0 Å². The fourth-order valence-corrected chi connectivity index (χ4v) is 1.29. The Hall–Kier alpha value is -1.35. The fraction of sp³-hybridized carbons (Fsp3) is 0.417. The summed E-state index contributed by atoms with van der Waals surface area (Å²) in [6, 6.07) is 7.08. The van der Waals surface area contributed by atoms with Gasteiger partial charge in [-0.2, -0.15) is 0 Å². The molecule has 1 aromatic carbocycles. The van der Waals surface area contributed by atoms with E-state index in [-0.39, 0.29) is 0 Å². The second kappa shape index (κ2) is 5.51. The molecule has 0 saturated carbocycles. The number of hydrogen-bond donors (Lipinski definition) is 1. The molecule has 0 aliphatic rings. The van der Waals surface area contributed by atoms with Crippen LogP contribution in [0.4, 0.5) is 0 Å². The van der Waals surface area contributed by atoms with Gasteiger partial charge in [-0.1, -0.05) is 19.1 Å². The van der Waals surface area contributed by atoms with Crippen molar-refractivity contribution < 1.29 is 9.90 Å². The summed E-state index contributed by atoms with van der Waals surface area (Å²) in [5, 5.41) is 8.72. The van der Waals surface area contributed by atoms with Gasteiger partial charge < -0.3 is 10.0 Å². The van der Waals surface area contributed by atoms with E-state index in [1.807, 2.05) is 12.1 Å². The zero-order valence-corrected chi connectivity index (χ0v) is 9.23. The lowest BCUT2D eigenvalue weighted by molar-refractivity contribution is 0.0697. The molecule has 3 heteroatoms. The third-order valence-corrected chi connectivity index (χ3v) is 2.52. The van der Waals surface area contributed by atoms with E-state index in [0.717, 1.165) is 19.5 Å². The van der Waals surface area contributed by atoms with Crippen LogP contribution in [0.1, 0.15) is 22.8 Å². The van der Waals surface area contributed by atoms with Crippen molar-refractivity contribution in [2.45, 2.75) is 13.3 Å². The Morgan fingerprint density at radius 3 is 2.40 bits per heavy atom. The lowest BCUT2D eigenvalue weighted by Crippen LogP contribution is -2.20. The number of benzene rings is 1. The minimum Gasteiger partial charge on any atom is -0.478 e. The molecule has 0 amide bonds. The van der Waals surface area contributed by atoms with Crippen LogP contribution < -0.4 is 0 Å². The molecule has 1 aromatic rings.